The molecule has 0 amide bonds. The van der Waals surface area contributed by atoms with E-state index in [0.29, 0.717) is 12.3 Å². The van der Waals surface area contributed by atoms with E-state index in [4.69, 9.17) is 10.5 Å². The first kappa shape index (κ1) is 11.3. The highest BCUT2D eigenvalue weighted by Crippen LogP contribution is 2.33. The number of aliphatic imine (C=N–C) groups is 1. The summed E-state index contributed by atoms with van der Waals surface area (Å²) in [5, 5.41) is 0. The van der Waals surface area contributed by atoms with Crippen LogP contribution in [0.15, 0.2) is 51.9 Å². The molecule has 18 heavy (non-hydrogen) atoms. The lowest BCUT2D eigenvalue weighted by Crippen LogP contribution is -2.16. The van der Waals surface area contributed by atoms with Crippen LogP contribution < -0.4 is 10.5 Å². The summed E-state index contributed by atoms with van der Waals surface area (Å²) in [4.78, 5) is 4.60. The zero-order chi connectivity index (χ0) is 12.5. The van der Waals surface area contributed by atoms with Crippen molar-refractivity contribution in [3.05, 3.63) is 52.5 Å². The fraction of sp³-hybridized carbons (Fsp3) is 0.0714. The minimum absolute atomic E-state index is 0.485. The zero-order valence-corrected chi connectivity index (χ0v) is 11.1. The molecule has 0 fully saturated rings. The minimum Gasteiger partial charge on any atom is -0.485 e. The number of nitrogen functional groups attached to an aromatic ring is 1. The minimum atomic E-state index is 0.485. The summed E-state index contributed by atoms with van der Waals surface area (Å²) in [6, 6.07) is 13.5. The van der Waals surface area contributed by atoms with Crippen molar-refractivity contribution in [1.29, 1.82) is 0 Å². The molecule has 4 heteroatoms. The van der Waals surface area contributed by atoms with Gasteiger partial charge in [0.2, 0.25) is 0 Å². The second kappa shape index (κ2) is 4.46. The number of anilines is 1. The topological polar surface area (TPSA) is 47.6 Å². The van der Waals surface area contributed by atoms with Gasteiger partial charge in [0, 0.05) is 10.2 Å². The van der Waals surface area contributed by atoms with E-state index in [0.717, 1.165) is 27.2 Å². The Balaban J connectivity index is 2.02. The highest BCUT2D eigenvalue weighted by molar-refractivity contribution is 9.10. The van der Waals surface area contributed by atoms with Crippen molar-refractivity contribution in [2.75, 3.05) is 12.3 Å². The Bertz CT molecular complexity index is 620. The van der Waals surface area contributed by atoms with Crippen molar-refractivity contribution in [3.8, 4) is 5.75 Å². The molecule has 3 nitrogen and oxygen atoms in total. The van der Waals surface area contributed by atoms with E-state index in [2.05, 4.69) is 20.9 Å². The van der Waals surface area contributed by atoms with Crippen LogP contribution in [-0.2, 0) is 0 Å². The quantitative estimate of drug-likeness (QED) is 0.819. The Hall–Kier alpha value is -1.81. The number of ether oxygens (including phenoxy) is 1. The van der Waals surface area contributed by atoms with Gasteiger partial charge in [-0.1, -0.05) is 28.1 Å². The molecule has 1 heterocycles. The maximum Gasteiger partial charge on any atom is 0.145 e. The third kappa shape index (κ3) is 2.11. The van der Waals surface area contributed by atoms with Crippen LogP contribution in [0.1, 0.15) is 5.56 Å². The van der Waals surface area contributed by atoms with E-state index in [9.17, 15) is 0 Å². The van der Waals surface area contributed by atoms with Crippen LogP contribution >= 0.6 is 15.9 Å². The predicted octanol–water partition coefficient (Wildman–Crippen LogP) is 3.54. The van der Waals surface area contributed by atoms with Crippen molar-refractivity contribution >= 4 is 33.0 Å². The number of hydrogen-bond donors (Lipinski definition) is 1. The van der Waals surface area contributed by atoms with Gasteiger partial charge in [0.25, 0.3) is 0 Å². The normalized spacial score (nSPS) is 13.5. The molecule has 0 radical (unpaired) electrons. The number of hydrogen-bond acceptors (Lipinski definition) is 3. The van der Waals surface area contributed by atoms with E-state index in [-0.39, 0.29) is 0 Å². The summed E-state index contributed by atoms with van der Waals surface area (Å²) in [7, 11) is 0. The maximum absolute atomic E-state index is 5.75. The van der Waals surface area contributed by atoms with Crippen molar-refractivity contribution in [1.82, 2.24) is 0 Å². The third-order valence-corrected chi connectivity index (χ3v) is 3.31. The Kier molecular flexibility index (Phi) is 2.80. The van der Waals surface area contributed by atoms with Gasteiger partial charge >= 0.3 is 0 Å². The van der Waals surface area contributed by atoms with Crippen molar-refractivity contribution < 1.29 is 4.74 Å². The Morgan fingerprint density at radius 3 is 2.67 bits per heavy atom. The summed E-state index contributed by atoms with van der Waals surface area (Å²) < 4.78 is 6.73. The van der Waals surface area contributed by atoms with Crippen LogP contribution in [0.5, 0.6) is 5.75 Å². The van der Waals surface area contributed by atoms with E-state index in [1.54, 1.807) is 0 Å². The van der Waals surface area contributed by atoms with Crippen LogP contribution in [0.4, 0.5) is 11.4 Å². The third-order valence-electron chi connectivity index (χ3n) is 2.78. The number of nitrogens with two attached hydrogens (primary N) is 1. The lowest BCUT2D eigenvalue weighted by Gasteiger charge is -2.17. The molecule has 2 aromatic carbocycles. The standard InChI is InChI=1S/C14H11BrN2O/c15-10-3-1-9(2-4-10)13-8-18-14-6-5-11(16)7-12(14)17-13/h1-7H,8,16H2. The second-order valence-electron chi connectivity index (χ2n) is 4.08. The Labute approximate surface area is 113 Å². The molecule has 0 aliphatic carbocycles. The number of benzene rings is 2. The van der Waals surface area contributed by atoms with Gasteiger partial charge in [0.05, 0.1) is 5.71 Å². The van der Waals surface area contributed by atoms with Gasteiger partial charge in [-0.25, -0.2) is 4.99 Å². The summed E-state index contributed by atoms with van der Waals surface area (Å²) in [5.74, 6) is 0.782. The second-order valence-corrected chi connectivity index (χ2v) is 5.00. The molecular formula is C14H11BrN2O. The van der Waals surface area contributed by atoms with Gasteiger partial charge in [-0.3, -0.25) is 0 Å². The molecular weight excluding hydrogens is 292 g/mol. The average Bonchev–Trinajstić information content (AvgIpc) is 2.38. The smallest absolute Gasteiger partial charge is 0.145 e. The van der Waals surface area contributed by atoms with Gasteiger partial charge in [-0.15, -0.1) is 0 Å². The molecule has 90 valence electrons. The molecule has 1 aliphatic rings. The summed E-state index contributed by atoms with van der Waals surface area (Å²) in [6.45, 7) is 0.485. The number of rotatable bonds is 1. The molecule has 3 rings (SSSR count). The van der Waals surface area contributed by atoms with Crippen LogP contribution in [0.2, 0.25) is 0 Å². The summed E-state index contributed by atoms with van der Waals surface area (Å²) in [6.07, 6.45) is 0. The van der Waals surface area contributed by atoms with E-state index < -0.39 is 0 Å². The van der Waals surface area contributed by atoms with Crippen molar-refractivity contribution in [2.24, 2.45) is 4.99 Å². The molecule has 0 bridgehead atoms. The average molecular weight is 303 g/mol. The van der Waals surface area contributed by atoms with Gasteiger partial charge in [-0.05, 0) is 35.9 Å². The highest BCUT2D eigenvalue weighted by atomic mass is 79.9. The SMILES string of the molecule is Nc1ccc2c(c1)N=C(c1ccc(Br)cc1)CO2. The number of halogens is 1. The molecule has 2 aromatic rings. The number of fused-ring (bicyclic) bond motifs is 1. The fourth-order valence-electron chi connectivity index (χ4n) is 1.86. The zero-order valence-electron chi connectivity index (χ0n) is 9.56. The molecule has 0 unspecified atom stereocenters. The summed E-state index contributed by atoms with van der Waals surface area (Å²) >= 11 is 3.42. The maximum atomic E-state index is 5.75. The molecule has 1 aliphatic heterocycles. The molecule has 0 saturated heterocycles. The molecule has 0 saturated carbocycles. The van der Waals surface area contributed by atoms with Gasteiger partial charge in [0.15, 0.2) is 0 Å². The first-order chi connectivity index (χ1) is 8.72. The van der Waals surface area contributed by atoms with Crippen molar-refractivity contribution in [2.45, 2.75) is 0 Å². The lowest BCUT2D eigenvalue weighted by molar-refractivity contribution is 0.373. The molecule has 0 spiro atoms. The van der Waals surface area contributed by atoms with Crippen LogP contribution in [0, 0.1) is 0 Å². The van der Waals surface area contributed by atoms with E-state index in [1.165, 1.54) is 0 Å². The van der Waals surface area contributed by atoms with Crippen LogP contribution in [0.25, 0.3) is 0 Å². The predicted molar refractivity (Wildman–Crippen MR) is 76.7 cm³/mol. The Morgan fingerprint density at radius 2 is 1.89 bits per heavy atom. The fourth-order valence-corrected chi connectivity index (χ4v) is 2.12. The largest absolute Gasteiger partial charge is 0.485 e. The van der Waals surface area contributed by atoms with Gasteiger partial charge in [0.1, 0.15) is 18.0 Å². The monoisotopic (exact) mass is 302 g/mol. The van der Waals surface area contributed by atoms with Crippen LogP contribution in [-0.4, -0.2) is 12.3 Å². The molecule has 0 aromatic heterocycles. The van der Waals surface area contributed by atoms with Crippen molar-refractivity contribution in [3.63, 3.8) is 0 Å². The van der Waals surface area contributed by atoms with Crippen LogP contribution in [0.3, 0.4) is 0 Å². The summed E-state index contributed by atoms with van der Waals surface area (Å²) in [5.41, 5.74) is 9.22. The highest BCUT2D eigenvalue weighted by Gasteiger charge is 2.14. The molecule has 2 N–H and O–H groups in total. The van der Waals surface area contributed by atoms with Gasteiger partial charge in [-0.2, -0.15) is 0 Å². The molecule has 0 atom stereocenters. The first-order valence-electron chi connectivity index (χ1n) is 5.58. The number of nitrogens with zero attached hydrogens (tertiary/aromatic N) is 1. The Morgan fingerprint density at radius 1 is 1.11 bits per heavy atom. The lowest BCUT2D eigenvalue weighted by atomic mass is 10.1. The van der Waals surface area contributed by atoms with Gasteiger partial charge < -0.3 is 10.5 Å². The van der Waals surface area contributed by atoms with E-state index >= 15 is 0 Å². The first-order valence-corrected chi connectivity index (χ1v) is 6.37. The van der Waals surface area contributed by atoms with E-state index in [1.807, 2.05) is 42.5 Å².